The van der Waals surface area contributed by atoms with E-state index in [0.29, 0.717) is 5.56 Å². The molecule has 0 spiro atoms. The molecule has 3 rings (SSSR count). The number of hydrogen-bond acceptors (Lipinski definition) is 4. The van der Waals surface area contributed by atoms with E-state index in [1.165, 1.54) is 6.33 Å². The molecule has 108 valence electrons. The molecule has 0 saturated heterocycles. The molecule has 1 amide bonds. The highest BCUT2D eigenvalue weighted by atomic mass is 16.1. The van der Waals surface area contributed by atoms with Gasteiger partial charge in [0.1, 0.15) is 6.33 Å². The molecule has 0 aliphatic heterocycles. The third-order valence-corrected chi connectivity index (χ3v) is 3.28. The van der Waals surface area contributed by atoms with Crippen LogP contribution < -0.4 is 5.32 Å². The van der Waals surface area contributed by atoms with Crippen LogP contribution in [0.15, 0.2) is 61.3 Å². The van der Waals surface area contributed by atoms with Gasteiger partial charge in [-0.15, -0.1) is 0 Å². The predicted molar refractivity (Wildman–Crippen MR) is 84.4 cm³/mol. The quantitative estimate of drug-likeness (QED) is 0.804. The van der Waals surface area contributed by atoms with Crippen molar-refractivity contribution in [1.82, 2.24) is 15.0 Å². The van der Waals surface area contributed by atoms with Crippen molar-refractivity contribution in [1.29, 1.82) is 0 Å². The van der Waals surface area contributed by atoms with Gasteiger partial charge in [-0.05, 0) is 30.7 Å². The molecule has 0 aliphatic rings. The zero-order valence-corrected chi connectivity index (χ0v) is 12.0. The van der Waals surface area contributed by atoms with E-state index in [9.17, 15) is 4.79 Å². The standard InChI is InChI=1S/C17H14N4O/c1-12-4-2-3-5-15(12)21-17(22)13-6-7-16(20-10-13)14-8-18-11-19-9-14/h2-11H,1H3,(H,21,22). The second kappa shape index (κ2) is 6.13. The van der Waals surface area contributed by atoms with Gasteiger partial charge in [-0.25, -0.2) is 9.97 Å². The van der Waals surface area contributed by atoms with Crippen molar-refractivity contribution in [3.63, 3.8) is 0 Å². The van der Waals surface area contributed by atoms with Crippen LogP contribution in [0.5, 0.6) is 0 Å². The van der Waals surface area contributed by atoms with E-state index in [1.54, 1.807) is 30.7 Å². The molecule has 5 heteroatoms. The fraction of sp³-hybridized carbons (Fsp3) is 0.0588. The summed E-state index contributed by atoms with van der Waals surface area (Å²) in [5, 5.41) is 2.88. The van der Waals surface area contributed by atoms with Crippen LogP contribution in [0.3, 0.4) is 0 Å². The lowest BCUT2D eigenvalue weighted by molar-refractivity contribution is 0.102. The lowest BCUT2D eigenvalue weighted by Gasteiger charge is -2.08. The Morgan fingerprint density at radius 2 is 1.77 bits per heavy atom. The number of para-hydroxylation sites is 1. The Kier molecular flexibility index (Phi) is 3.87. The van der Waals surface area contributed by atoms with E-state index in [-0.39, 0.29) is 5.91 Å². The summed E-state index contributed by atoms with van der Waals surface area (Å²) in [6.45, 7) is 1.95. The summed E-state index contributed by atoms with van der Waals surface area (Å²) in [6, 6.07) is 11.2. The van der Waals surface area contributed by atoms with Crippen molar-refractivity contribution < 1.29 is 4.79 Å². The van der Waals surface area contributed by atoms with Crippen LogP contribution in [0, 0.1) is 6.92 Å². The highest BCUT2D eigenvalue weighted by Gasteiger charge is 2.08. The fourth-order valence-electron chi connectivity index (χ4n) is 2.04. The van der Waals surface area contributed by atoms with Gasteiger partial charge in [0, 0.05) is 29.8 Å². The van der Waals surface area contributed by atoms with E-state index >= 15 is 0 Å². The third-order valence-electron chi connectivity index (χ3n) is 3.28. The first kappa shape index (κ1) is 13.9. The van der Waals surface area contributed by atoms with Crippen molar-refractivity contribution in [3.8, 4) is 11.3 Å². The van der Waals surface area contributed by atoms with Gasteiger partial charge in [-0.2, -0.15) is 0 Å². The highest BCUT2D eigenvalue weighted by molar-refractivity contribution is 6.04. The second-order valence-electron chi connectivity index (χ2n) is 4.83. The van der Waals surface area contributed by atoms with Crippen molar-refractivity contribution in [3.05, 3.63) is 72.4 Å². The van der Waals surface area contributed by atoms with Gasteiger partial charge in [0.05, 0.1) is 11.3 Å². The predicted octanol–water partition coefficient (Wildman–Crippen LogP) is 3.10. The van der Waals surface area contributed by atoms with Crippen LogP contribution in [0.4, 0.5) is 5.69 Å². The highest BCUT2D eigenvalue weighted by Crippen LogP contribution is 2.17. The Morgan fingerprint density at radius 1 is 1.00 bits per heavy atom. The molecule has 22 heavy (non-hydrogen) atoms. The van der Waals surface area contributed by atoms with Gasteiger partial charge in [0.25, 0.3) is 5.91 Å². The van der Waals surface area contributed by atoms with Gasteiger partial charge in [0.2, 0.25) is 0 Å². The van der Waals surface area contributed by atoms with Gasteiger partial charge in [-0.1, -0.05) is 18.2 Å². The van der Waals surface area contributed by atoms with Crippen LogP contribution in [-0.4, -0.2) is 20.9 Å². The van der Waals surface area contributed by atoms with Crippen molar-refractivity contribution in [2.75, 3.05) is 5.32 Å². The number of pyridine rings is 1. The summed E-state index contributed by atoms with van der Waals surface area (Å²) < 4.78 is 0. The number of benzene rings is 1. The maximum atomic E-state index is 12.2. The zero-order chi connectivity index (χ0) is 15.4. The lowest BCUT2D eigenvalue weighted by Crippen LogP contribution is -2.13. The topological polar surface area (TPSA) is 67.8 Å². The molecule has 1 N–H and O–H groups in total. The van der Waals surface area contributed by atoms with E-state index < -0.39 is 0 Å². The molecule has 2 aromatic heterocycles. The number of carbonyl (C=O) groups excluding carboxylic acids is 1. The molecule has 0 saturated carbocycles. The Hall–Kier alpha value is -3.08. The zero-order valence-electron chi connectivity index (χ0n) is 12.0. The molecule has 5 nitrogen and oxygen atoms in total. The number of hydrogen-bond donors (Lipinski definition) is 1. The SMILES string of the molecule is Cc1ccccc1NC(=O)c1ccc(-c2cncnc2)nc1. The Labute approximate surface area is 128 Å². The second-order valence-corrected chi connectivity index (χ2v) is 4.83. The molecular weight excluding hydrogens is 276 g/mol. The number of carbonyl (C=O) groups is 1. The number of aryl methyl sites for hydroxylation is 1. The summed E-state index contributed by atoms with van der Waals surface area (Å²) in [5.41, 5.74) is 3.86. The maximum absolute atomic E-state index is 12.2. The minimum Gasteiger partial charge on any atom is -0.322 e. The average molecular weight is 290 g/mol. The molecule has 1 aromatic carbocycles. The molecule has 0 radical (unpaired) electrons. The smallest absolute Gasteiger partial charge is 0.257 e. The van der Waals surface area contributed by atoms with Crippen molar-refractivity contribution >= 4 is 11.6 Å². The first-order chi connectivity index (χ1) is 10.7. The molecule has 0 unspecified atom stereocenters. The first-order valence-corrected chi connectivity index (χ1v) is 6.82. The van der Waals surface area contributed by atoms with Gasteiger partial charge < -0.3 is 5.32 Å². The molecule has 2 heterocycles. The minimum atomic E-state index is -0.183. The first-order valence-electron chi connectivity index (χ1n) is 6.82. The molecule has 3 aromatic rings. The Balaban J connectivity index is 1.78. The molecule has 0 aliphatic carbocycles. The number of nitrogens with one attached hydrogen (secondary N) is 1. The summed E-state index contributed by atoms with van der Waals surface area (Å²) in [5.74, 6) is -0.183. The van der Waals surface area contributed by atoms with E-state index in [1.807, 2.05) is 31.2 Å². The summed E-state index contributed by atoms with van der Waals surface area (Å²) in [4.78, 5) is 24.4. The molecule has 0 fully saturated rings. The Bertz CT molecular complexity index is 785. The minimum absolute atomic E-state index is 0.183. The van der Waals surface area contributed by atoms with Crippen LogP contribution in [0.25, 0.3) is 11.3 Å². The molecular formula is C17H14N4O. The monoisotopic (exact) mass is 290 g/mol. The maximum Gasteiger partial charge on any atom is 0.257 e. The number of amides is 1. The van der Waals surface area contributed by atoms with E-state index in [0.717, 1.165) is 22.5 Å². The summed E-state index contributed by atoms with van der Waals surface area (Å²) in [7, 11) is 0. The van der Waals surface area contributed by atoms with Crippen molar-refractivity contribution in [2.45, 2.75) is 6.92 Å². The molecule has 0 bridgehead atoms. The third kappa shape index (κ3) is 2.98. The van der Waals surface area contributed by atoms with Gasteiger partial charge in [-0.3, -0.25) is 9.78 Å². The van der Waals surface area contributed by atoms with Crippen LogP contribution >= 0.6 is 0 Å². The van der Waals surface area contributed by atoms with Gasteiger partial charge in [0.15, 0.2) is 0 Å². The lowest BCUT2D eigenvalue weighted by atomic mass is 10.1. The van der Waals surface area contributed by atoms with Crippen molar-refractivity contribution in [2.24, 2.45) is 0 Å². The summed E-state index contributed by atoms with van der Waals surface area (Å²) in [6.07, 6.45) is 6.38. The van der Waals surface area contributed by atoms with Crippen LogP contribution in [-0.2, 0) is 0 Å². The fourth-order valence-corrected chi connectivity index (χ4v) is 2.04. The van der Waals surface area contributed by atoms with E-state index in [4.69, 9.17) is 0 Å². The number of rotatable bonds is 3. The normalized spacial score (nSPS) is 10.2. The van der Waals surface area contributed by atoms with Crippen LogP contribution in [0.2, 0.25) is 0 Å². The average Bonchev–Trinajstić information content (AvgIpc) is 2.58. The summed E-state index contributed by atoms with van der Waals surface area (Å²) >= 11 is 0. The number of nitrogens with zero attached hydrogens (tertiary/aromatic N) is 3. The van der Waals surface area contributed by atoms with Gasteiger partial charge >= 0.3 is 0 Å². The molecule has 0 atom stereocenters. The van der Waals surface area contributed by atoms with E-state index in [2.05, 4.69) is 20.3 Å². The number of anilines is 1. The Morgan fingerprint density at radius 3 is 2.45 bits per heavy atom. The van der Waals surface area contributed by atoms with Crippen LogP contribution in [0.1, 0.15) is 15.9 Å². The largest absolute Gasteiger partial charge is 0.322 e. The number of aromatic nitrogens is 3.